The Labute approximate surface area is 173 Å². The zero-order valence-electron chi connectivity index (χ0n) is 16.5. The second kappa shape index (κ2) is 9.17. The molecule has 1 heterocycles. The lowest BCUT2D eigenvalue weighted by Crippen LogP contribution is -2.25. The van der Waals surface area contributed by atoms with Gasteiger partial charge in [-0.25, -0.2) is 14.6 Å². The monoisotopic (exact) mass is 406 g/mol. The lowest BCUT2D eigenvalue weighted by Gasteiger charge is -2.24. The fraction of sp³-hybridized carbons (Fsp3) is 0.217. The third-order valence-corrected chi connectivity index (χ3v) is 5.14. The van der Waals surface area contributed by atoms with E-state index in [0.717, 1.165) is 47.0 Å². The van der Waals surface area contributed by atoms with Gasteiger partial charge in [0.25, 0.3) is 0 Å². The molecule has 0 spiro atoms. The standard InChI is InChI=1S/C19H18N2O.C4H4O4/c1-12-17(21-11-20-12)10-15-9-8-14-7-6-13-4-2-3-5-16(13)18(14)19(15)22;5-3(6)1-2-4(7)8/h2-7,11,15H,8-10H2,1H3,(H,20,21);1-2H,(H,5,6)(H,7,8). The summed E-state index contributed by atoms with van der Waals surface area (Å²) in [5, 5.41) is 17.9. The van der Waals surface area contributed by atoms with Crippen LogP contribution in [-0.4, -0.2) is 37.9 Å². The van der Waals surface area contributed by atoms with Gasteiger partial charge in [-0.2, -0.15) is 0 Å². The number of nitrogens with one attached hydrogen (secondary N) is 1. The highest BCUT2D eigenvalue weighted by Gasteiger charge is 2.29. The number of carbonyl (C=O) groups excluding carboxylic acids is 1. The molecule has 3 N–H and O–H groups in total. The van der Waals surface area contributed by atoms with Gasteiger partial charge in [-0.15, -0.1) is 0 Å². The van der Waals surface area contributed by atoms with E-state index < -0.39 is 11.9 Å². The Morgan fingerprint density at radius 2 is 1.83 bits per heavy atom. The van der Waals surface area contributed by atoms with Gasteiger partial charge in [-0.1, -0.05) is 36.4 Å². The van der Waals surface area contributed by atoms with E-state index in [-0.39, 0.29) is 11.7 Å². The second-order valence-corrected chi connectivity index (χ2v) is 7.11. The van der Waals surface area contributed by atoms with Gasteiger partial charge in [0, 0.05) is 35.7 Å². The van der Waals surface area contributed by atoms with Crippen LogP contribution in [0.2, 0.25) is 0 Å². The molecule has 1 aliphatic rings. The Morgan fingerprint density at radius 1 is 1.13 bits per heavy atom. The lowest BCUT2D eigenvalue weighted by atomic mass is 9.78. The van der Waals surface area contributed by atoms with Gasteiger partial charge in [0.15, 0.2) is 5.78 Å². The number of aromatic amines is 1. The number of carboxylic acids is 2. The minimum absolute atomic E-state index is 0.0420. The van der Waals surface area contributed by atoms with Crippen molar-refractivity contribution in [2.75, 3.05) is 0 Å². The molecule has 0 amide bonds. The highest BCUT2D eigenvalue weighted by atomic mass is 16.4. The van der Waals surface area contributed by atoms with Crippen molar-refractivity contribution >= 4 is 28.5 Å². The fourth-order valence-electron chi connectivity index (χ4n) is 3.64. The van der Waals surface area contributed by atoms with Crippen molar-refractivity contribution < 1.29 is 24.6 Å². The van der Waals surface area contributed by atoms with Crippen molar-refractivity contribution in [1.82, 2.24) is 9.97 Å². The Hall–Kier alpha value is -3.74. The predicted octanol–water partition coefficient (Wildman–Crippen LogP) is 3.57. The van der Waals surface area contributed by atoms with E-state index in [9.17, 15) is 14.4 Å². The maximum Gasteiger partial charge on any atom is 0.328 e. The number of hydrogen-bond acceptors (Lipinski definition) is 4. The first-order chi connectivity index (χ1) is 14.4. The van der Waals surface area contributed by atoms with E-state index in [4.69, 9.17) is 10.2 Å². The number of fused-ring (bicyclic) bond motifs is 3. The molecule has 3 aromatic rings. The minimum Gasteiger partial charge on any atom is -0.478 e. The summed E-state index contributed by atoms with van der Waals surface area (Å²) in [5.74, 6) is -2.19. The number of ketones is 1. The Kier molecular flexibility index (Phi) is 6.41. The number of nitrogens with zero attached hydrogens (tertiary/aromatic N) is 1. The van der Waals surface area contributed by atoms with Crippen LogP contribution in [0.5, 0.6) is 0 Å². The molecule has 154 valence electrons. The molecule has 2 aromatic carbocycles. The molecule has 1 atom stereocenters. The highest BCUT2D eigenvalue weighted by Crippen LogP contribution is 2.33. The average molecular weight is 406 g/mol. The first-order valence-electron chi connectivity index (χ1n) is 9.54. The molecular formula is C23H22N2O5. The molecule has 0 saturated heterocycles. The molecule has 4 rings (SSSR count). The first kappa shape index (κ1) is 21.0. The Balaban J connectivity index is 0.000000275. The topological polar surface area (TPSA) is 120 Å². The highest BCUT2D eigenvalue weighted by molar-refractivity contribution is 6.11. The number of benzene rings is 2. The van der Waals surface area contributed by atoms with Crippen molar-refractivity contribution in [3.8, 4) is 0 Å². The molecule has 30 heavy (non-hydrogen) atoms. The Bertz CT molecular complexity index is 1110. The third-order valence-electron chi connectivity index (χ3n) is 5.14. The SMILES string of the molecule is Cc1[nH]cnc1CC1CCc2ccc3ccccc3c2C1=O.O=C(O)C=CC(=O)O. The number of hydrogen-bond donors (Lipinski definition) is 3. The second-order valence-electron chi connectivity index (χ2n) is 7.11. The molecule has 0 saturated carbocycles. The smallest absolute Gasteiger partial charge is 0.328 e. The van der Waals surface area contributed by atoms with Gasteiger partial charge in [0.2, 0.25) is 0 Å². The summed E-state index contributed by atoms with van der Waals surface area (Å²) in [7, 11) is 0. The van der Waals surface area contributed by atoms with Crippen LogP contribution in [0.25, 0.3) is 10.8 Å². The van der Waals surface area contributed by atoms with Crippen LogP contribution < -0.4 is 0 Å². The number of Topliss-reactive ketones (excluding diaryl/α,β-unsaturated/α-hetero) is 1. The van der Waals surface area contributed by atoms with Gasteiger partial charge in [-0.05, 0) is 36.1 Å². The minimum atomic E-state index is -1.26. The maximum absolute atomic E-state index is 13.0. The van der Waals surface area contributed by atoms with Crippen LogP contribution in [0.1, 0.15) is 33.7 Å². The van der Waals surface area contributed by atoms with Gasteiger partial charge >= 0.3 is 11.9 Å². The summed E-state index contributed by atoms with van der Waals surface area (Å²) >= 11 is 0. The number of carboxylic acid groups (broad SMARTS) is 2. The lowest BCUT2D eigenvalue weighted by molar-refractivity contribution is -0.134. The van der Waals surface area contributed by atoms with E-state index in [2.05, 4.69) is 34.2 Å². The summed E-state index contributed by atoms with van der Waals surface area (Å²) in [6.45, 7) is 2.01. The number of aliphatic carboxylic acids is 2. The first-order valence-corrected chi connectivity index (χ1v) is 9.54. The van der Waals surface area contributed by atoms with Gasteiger partial charge < -0.3 is 15.2 Å². The summed E-state index contributed by atoms with van der Waals surface area (Å²) in [6, 6.07) is 12.4. The normalized spacial score (nSPS) is 15.5. The van der Waals surface area contributed by atoms with Crippen molar-refractivity contribution in [3.05, 3.63) is 77.4 Å². The largest absolute Gasteiger partial charge is 0.478 e. The van der Waals surface area contributed by atoms with Crippen LogP contribution >= 0.6 is 0 Å². The van der Waals surface area contributed by atoms with Crippen molar-refractivity contribution in [2.24, 2.45) is 5.92 Å². The Morgan fingerprint density at radius 3 is 2.47 bits per heavy atom. The molecule has 1 aliphatic carbocycles. The van der Waals surface area contributed by atoms with Crippen molar-refractivity contribution in [1.29, 1.82) is 0 Å². The number of rotatable bonds is 4. The number of carbonyl (C=O) groups is 3. The summed E-state index contributed by atoms with van der Waals surface area (Å²) in [4.78, 5) is 39.6. The van der Waals surface area contributed by atoms with Crippen LogP contribution in [0.4, 0.5) is 0 Å². The molecule has 1 aromatic heterocycles. The average Bonchev–Trinajstić information content (AvgIpc) is 3.13. The summed E-state index contributed by atoms with van der Waals surface area (Å²) in [6.07, 6.45) is 5.44. The molecule has 0 fully saturated rings. The van der Waals surface area contributed by atoms with Gasteiger partial charge in [0.1, 0.15) is 0 Å². The van der Waals surface area contributed by atoms with Gasteiger partial charge in [-0.3, -0.25) is 4.79 Å². The zero-order chi connectivity index (χ0) is 21.7. The van der Waals surface area contributed by atoms with Crippen LogP contribution in [0.15, 0.2) is 54.9 Å². The van der Waals surface area contributed by atoms with Crippen LogP contribution in [0, 0.1) is 12.8 Å². The molecule has 0 radical (unpaired) electrons. The molecule has 0 aliphatic heterocycles. The fourth-order valence-corrected chi connectivity index (χ4v) is 3.64. The predicted molar refractivity (Wildman–Crippen MR) is 112 cm³/mol. The van der Waals surface area contributed by atoms with Crippen molar-refractivity contribution in [3.63, 3.8) is 0 Å². The zero-order valence-corrected chi connectivity index (χ0v) is 16.5. The van der Waals surface area contributed by atoms with E-state index >= 15 is 0 Å². The van der Waals surface area contributed by atoms with E-state index in [1.54, 1.807) is 6.33 Å². The van der Waals surface area contributed by atoms with Crippen LogP contribution in [-0.2, 0) is 22.4 Å². The van der Waals surface area contributed by atoms with E-state index in [1.165, 1.54) is 5.56 Å². The number of H-pyrrole nitrogens is 1. The van der Waals surface area contributed by atoms with E-state index in [0.29, 0.717) is 12.2 Å². The molecule has 7 nitrogen and oxygen atoms in total. The van der Waals surface area contributed by atoms with Gasteiger partial charge in [0.05, 0.1) is 12.0 Å². The summed E-state index contributed by atoms with van der Waals surface area (Å²) in [5.41, 5.74) is 4.21. The molecule has 1 unspecified atom stereocenters. The third kappa shape index (κ3) is 4.81. The van der Waals surface area contributed by atoms with Crippen molar-refractivity contribution in [2.45, 2.75) is 26.2 Å². The van der Waals surface area contributed by atoms with E-state index in [1.807, 2.05) is 19.1 Å². The summed E-state index contributed by atoms with van der Waals surface area (Å²) < 4.78 is 0. The maximum atomic E-state index is 13.0. The molecular weight excluding hydrogens is 384 g/mol. The molecule has 7 heteroatoms. The number of aromatic nitrogens is 2. The van der Waals surface area contributed by atoms with Crippen LogP contribution in [0.3, 0.4) is 0 Å². The molecule has 0 bridgehead atoms. The quantitative estimate of drug-likeness (QED) is 0.570. The number of aryl methyl sites for hydroxylation is 2. The number of imidazole rings is 1.